The maximum atomic E-state index is 12.3. The third-order valence-electron chi connectivity index (χ3n) is 3.16. The minimum atomic E-state index is 0.0838. The third kappa shape index (κ3) is 5.07. The lowest BCUT2D eigenvalue weighted by atomic mass is 9.97. The lowest BCUT2D eigenvalue weighted by molar-refractivity contribution is -0.120. The largest absolute Gasteiger partial charge is 0.325 e. The molecule has 1 amide bonds. The molecule has 1 aromatic carbocycles. The van der Waals surface area contributed by atoms with E-state index in [1.165, 1.54) is 0 Å². The first kappa shape index (κ1) is 16.3. The number of anilines is 1. The van der Waals surface area contributed by atoms with Gasteiger partial charge in [-0.2, -0.15) is 0 Å². The molecule has 20 heavy (non-hydrogen) atoms. The highest BCUT2D eigenvalue weighted by atomic mass is 16.1. The Morgan fingerprint density at radius 3 is 2.50 bits per heavy atom. The summed E-state index contributed by atoms with van der Waals surface area (Å²) in [5.41, 5.74) is 6.99. The van der Waals surface area contributed by atoms with E-state index in [1.54, 1.807) is 0 Å². The first-order valence-electron chi connectivity index (χ1n) is 7.31. The van der Waals surface area contributed by atoms with Crippen molar-refractivity contribution in [2.24, 2.45) is 11.7 Å². The lowest BCUT2D eigenvalue weighted by Crippen LogP contribution is -2.23. The summed E-state index contributed by atoms with van der Waals surface area (Å²) in [7, 11) is 0. The van der Waals surface area contributed by atoms with Gasteiger partial charge in [0, 0.05) is 11.5 Å². The molecular formula is C17H24N2O. The van der Waals surface area contributed by atoms with Crippen LogP contribution in [0.25, 0.3) is 0 Å². The summed E-state index contributed by atoms with van der Waals surface area (Å²) in [6, 6.07) is 7.59. The van der Waals surface area contributed by atoms with Gasteiger partial charge >= 0.3 is 0 Å². The zero-order valence-corrected chi connectivity index (χ0v) is 12.4. The summed E-state index contributed by atoms with van der Waals surface area (Å²) in [4.78, 5) is 12.3. The minimum Gasteiger partial charge on any atom is -0.325 e. The second-order valence-electron chi connectivity index (χ2n) is 4.82. The average Bonchev–Trinajstić information content (AvgIpc) is 2.46. The average molecular weight is 272 g/mol. The van der Waals surface area contributed by atoms with Gasteiger partial charge in [-0.15, -0.1) is 0 Å². The van der Waals surface area contributed by atoms with E-state index in [2.05, 4.69) is 31.0 Å². The zero-order valence-electron chi connectivity index (χ0n) is 12.4. The van der Waals surface area contributed by atoms with E-state index in [0.717, 1.165) is 36.9 Å². The molecule has 3 N–H and O–H groups in total. The maximum Gasteiger partial charge on any atom is 0.227 e. The molecule has 0 saturated carbocycles. The number of carbonyl (C=O) groups excluding carboxylic acids is 1. The van der Waals surface area contributed by atoms with E-state index in [-0.39, 0.29) is 11.8 Å². The zero-order chi connectivity index (χ0) is 14.8. The van der Waals surface area contributed by atoms with Crippen LogP contribution in [0.15, 0.2) is 24.3 Å². The summed E-state index contributed by atoms with van der Waals surface area (Å²) in [6.45, 7) is 4.53. The molecule has 1 rings (SSSR count). The molecule has 0 saturated heterocycles. The monoisotopic (exact) mass is 272 g/mol. The van der Waals surface area contributed by atoms with Crippen molar-refractivity contribution >= 4 is 11.6 Å². The summed E-state index contributed by atoms with van der Waals surface area (Å²) < 4.78 is 0. The van der Waals surface area contributed by atoms with Gasteiger partial charge in [0.05, 0.1) is 12.2 Å². The SMILES string of the molecule is CCCC(CCC)C(=O)Nc1ccccc1C#CCN. The van der Waals surface area contributed by atoms with E-state index < -0.39 is 0 Å². The molecule has 0 aromatic heterocycles. The normalized spacial score (nSPS) is 10.0. The van der Waals surface area contributed by atoms with Crippen molar-refractivity contribution in [1.29, 1.82) is 0 Å². The fourth-order valence-corrected chi connectivity index (χ4v) is 2.19. The number of rotatable bonds is 6. The van der Waals surface area contributed by atoms with Crippen molar-refractivity contribution in [1.82, 2.24) is 0 Å². The molecule has 0 radical (unpaired) electrons. The summed E-state index contributed by atoms with van der Waals surface area (Å²) in [5, 5.41) is 3.01. The number of hydrogen-bond acceptors (Lipinski definition) is 2. The Labute approximate surface area is 121 Å². The fraction of sp³-hybridized carbons (Fsp3) is 0.471. The number of carbonyl (C=O) groups is 1. The highest BCUT2D eigenvalue weighted by Crippen LogP contribution is 2.19. The molecular weight excluding hydrogens is 248 g/mol. The van der Waals surface area contributed by atoms with Crippen LogP contribution >= 0.6 is 0 Å². The molecule has 0 heterocycles. The van der Waals surface area contributed by atoms with E-state index in [1.807, 2.05) is 24.3 Å². The van der Waals surface area contributed by atoms with Gasteiger partial charge in [-0.05, 0) is 25.0 Å². The Balaban J connectivity index is 2.83. The minimum absolute atomic E-state index is 0.0838. The topological polar surface area (TPSA) is 55.1 Å². The van der Waals surface area contributed by atoms with Crippen LogP contribution in [-0.4, -0.2) is 12.5 Å². The van der Waals surface area contributed by atoms with E-state index in [4.69, 9.17) is 5.73 Å². The van der Waals surface area contributed by atoms with Crippen LogP contribution in [0.3, 0.4) is 0 Å². The summed E-state index contributed by atoms with van der Waals surface area (Å²) in [5.74, 6) is 5.99. The van der Waals surface area contributed by atoms with Crippen LogP contribution in [0.2, 0.25) is 0 Å². The van der Waals surface area contributed by atoms with Crippen LogP contribution in [0, 0.1) is 17.8 Å². The van der Waals surface area contributed by atoms with Crippen molar-refractivity contribution in [3.8, 4) is 11.8 Å². The molecule has 108 valence electrons. The van der Waals surface area contributed by atoms with E-state index in [9.17, 15) is 4.79 Å². The van der Waals surface area contributed by atoms with Crippen molar-refractivity contribution in [3.63, 3.8) is 0 Å². The lowest BCUT2D eigenvalue weighted by Gasteiger charge is -2.16. The number of nitrogens with one attached hydrogen (secondary N) is 1. The van der Waals surface area contributed by atoms with Crippen molar-refractivity contribution in [3.05, 3.63) is 29.8 Å². The van der Waals surface area contributed by atoms with Crippen molar-refractivity contribution in [2.75, 3.05) is 11.9 Å². The Bertz CT molecular complexity index is 479. The van der Waals surface area contributed by atoms with Gasteiger partial charge in [-0.25, -0.2) is 0 Å². The Kier molecular flexibility index (Phi) is 7.46. The van der Waals surface area contributed by atoms with Crippen LogP contribution < -0.4 is 11.1 Å². The predicted molar refractivity (Wildman–Crippen MR) is 84.3 cm³/mol. The molecule has 0 atom stereocenters. The van der Waals surface area contributed by atoms with Crippen LogP contribution in [-0.2, 0) is 4.79 Å². The highest BCUT2D eigenvalue weighted by molar-refractivity contribution is 5.93. The maximum absolute atomic E-state index is 12.3. The molecule has 0 aliphatic rings. The summed E-state index contributed by atoms with van der Waals surface area (Å²) >= 11 is 0. The third-order valence-corrected chi connectivity index (χ3v) is 3.16. The van der Waals surface area contributed by atoms with Gasteiger partial charge in [0.15, 0.2) is 0 Å². The summed E-state index contributed by atoms with van der Waals surface area (Å²) in [6.07, 6.45) is 3.89. The van der Waals surface area contributed by atoms with Gasteiger partial charge < -0.3 is 11.1 Å². The van der Waals surface area contributed by atoms with E-state index in [0.29, 0.717) is 6.54 Å². The second kappa shape index (κ2) is 9.17. The van der Waals surface area contributed by atoms with Crippen LogP contribution in [0.1, 0.15) is 45.1 Å². The number of para-hydroxylation sites is 1. The molecule has 0 spiro atoms. The van der Waals surface area contributed by atoms with Crippen LogP contribution in [0.4, 0.5) is 5.69 Å². The van der Waals surface area contributed by atoms with Crippen molar-refractivity contribution < 1.29 is 4.79 Å². The van der Waals surface area contributed by atoms with E-state index >= 15 is 0 Å². The van der Waals surface area contributed by atoms with Crippen LogP contribution in [0.5, 0.6) is 0 Å². The van der Waals surface area contributed by atoms with Gasteiger partial charge in [0.1, 0.15) is 0 Å². The highest BCUT2D eigenvalue weighted by Gasteiger charge is 2.17. The first-order valence-corrected chi connectivity index (χ1v) is 7.31. The molecule has 3 heteroatoms. The molecule has 3 nitrogen and oxygen atoms in total. The van der Waals surface area contributed by atoms with Gasteiger partial charge in [0.2, 0.25) is 5.91 Å². The smallest absolute Gasteiger partial charge is 0.227 e. The molecule has 0 aliphatic carbocycles. The Morgan fingerprint density at radius 2 is 1.90 bits per heavy atom. The molecule has 0 fully saturated rings. The number of benzene rings is 1. The van der Waals surface area contributed by atoms with Gasteiger partial charge in [0.25, 0.3) is 0 Å². The van der Waals surface area contributed by atoms with Gasteiger partial charge in [-0.3, -0.25) is 4.79 Å². The number of amides is 1. The second-order valence-corrected chi connectivity index (χ2v) is 4.82. The number of nitrogens with two attached hydrogens (primary N) is 1. The molecule has 0 bridgehead atoms. The number of hydrogen-bond donors (Lipinski definition) is 2. The van der Waals surface area contributed by atoms with Crippen molar-refractivity contribution in [2.45, 2.75) is 39.5 Å². The fourth-order valence-electron chi connectivity index (χ4n) is 2.19. The Morgan fingerprint density at radius 1 is 1.25 bits per heavy atom. The Hall–Kier alpha value is -1.79. The standard InChI is InChI=1S/C17H24N2O/c1-3-8-15(9-4-2)17(20)19-16-12-6-5-10-14(16)11-7-13-18/h5-6,10,12,15H,3-4,8-9,13,18H2,1-2H3,(H,19,20). The first-order chi connectivity index (χ1) is 9.72. The molecule has 1 aromatic rings. The van der Waals surface area contributed by atoms with Gasteiger partial charge in [-0.1, -0.05) is 50.7 Å². The quantitative estimate of drug-likeness (QED) is 0.782. The predicted octanol–water partition coefficient (Wildman–Crippen LogP) is 3.15. The molecule has 0 aliphatic heterocycles. The molecule has 0 unspecified atom stereocenters.